The lowest BCUT2D eigenvalue weighted by atomic mass is 10.1. The van der Waals surface area contributed by atoms with Crippen molar-refractivity contribution in [1.82, 2.24) is 10.5 Å². The fraction of sp³-hybridized carbons (Fsp3) is 0.167. The third kappa shape index (κ3) is 2.92. The second-order valence-corrected chi connectivity index (χ2v) is 3.69. The van der Waals surface area contributed by atoms with Crippen LogP contribution in [0.3, 0.4) is 0 Å². The summed E-state index contributed by atoms with van der Waals surface area (Å²) in [5.41, 5.74) is 0.363. The molecule has 2 aromatic rings. The summed E-state index contributed by atoms with van der Waals surface area (Å²) in [6, 6.07) is 5.38. The Labute approximate surface area is 102 Å². The maximum Gasteiger partial charge on any atom is 0.335 e. The number of aromatic nitrogens is 1. The summed E-state index contributed by atoms with van der Waals surface area (Å²) < 4.78 is 18.3. The Morgan fingerprint density at radius 1 is 1.39 bits per heavy atom. The molecule has 2 N–H and O–H groups in total. The summed E-state index contributed by atoms with van der Waals surface area (Å²) in [5.74, 6) is -0.888. The maximum atomic E-state index is 13.4. The van der Waals surface area contributed by atoms with Gasteiger partial charge in [-0.3, -0.25) is 0 Å². The Morgan fingerprint density at radius 2 is 2.22 bits per heavy atom. The topological polar surface area (TPSA) is 75.4 Å². The van der Waals surface area contributed by atoms with Crippen LogP contribution in [0.15, 0.2) is 35.0 Å². The zero-order chi connectivity index (χ0) is 13.0. The zero-order valence-corrected chi connectivity index (χ0v) is 9.39. The molecule has 0 fully saturated rings. The molecule has 6 heteroatoms. The normalized spacial score (nSPS) is 10.5. The lowest BCUT2D eigenvalue weighted by Crippen LogP contribution is -2.14. The largest absolute Gasteiger partial charge is 0.478 e. The van der Waals surface area contributed by atoms with Crippen LogP contribution in [0.4, 0.5) is 4.39 Å². The monoisotopic (exact) mass is 250 g/mol. The molecule has 1 aromatic heterocycles. The van der Waals surface area contributed by atoms with E-state index in [1.165, 1.54) is 18.3 Å². The number of nitrogens with one attached hydrogen (secondary N) is 1. The van der Waals surface area contributed by atoms with Gasteiger partial charge < -0.3 is 14.9 Å². The minimum atomic E-state index is -1.08. The van der Waals surface area contributed by atoms with E-state index in [-0.39, 0.29) is 12.1 Å². The predicted molar refractivity (Wildman–Crippen MR) is 60.4 cm³/mol. The van der Waals surface area contributed by atoms with Gasteiger partial charge >= 0.3 is 5.97 Å². The van der Waals surface area contributed by atoms with Crippen molar-refractivity contribution >= 4 is 5.97 Å². The summed E-state index contributed by atoms with van der Waals surface area (Å²) in [6.45, 7) is 0.615. The molecule has 1 aromatic carbocycles. The van der Waals surface area contributed by atoms with E-state index >= 15 is 0 Å². The van der Waals surface area contributed by atoms with Crippen molar-refractivity contribution in [2.24, 2.45) is 0 Å². The van der Waals surface area contributed by atoms with Gasteiger partial charge in [-0.25, -0.2) is 9.18 Å². The van der Waals surface area contributed by atoms with E-state index in [0.717, 1.165) is 6.07 Å². The first-order valence-corrected chi connectivity index (χ1v) is 5.29. The molecule has 5 nitrogen and oxygen atoms in total. The summed E-state index contributed by atoms with van der Waals surface area (Å²) in [4.78, 5) is 10.8. The highest BCUT2D eigenvalue weighted by molar-refractivity contribution is 5.87. The molecular formula is C12H11FN2O3. The molecule has 18 heavy (non-hydrogen) atoms. The molecule has 0 saturated heterocycles. The van der Waals surface area contributed by atoms with Gasteiger partial charge in [0.15, 0.2) is 0 Å². The molecule has 0 aliphatic heterocycles. The van der Waals surface area contributed by atoms with Crippen molar-refractivity contribution in [3.8, 4) is 0 Å². The standard InChI is InChI=1S/C12H11FN2O3/c13-11-2-1-8(12(16)17)5-9(11)6-14-7-10-3-4-15-18-10/h1-5,14H,6-7H2,(H,16,17). The van der Waals surface area contributed by atoms with Crippen molar-refractivity contribution < 1.29 is 18.8 Å². The van der Waals surface area contributed by atoms with Crippen LogP contribution in [0, 0.1) is 5.82 Å². The minimum absolute atomic E-state index is 0.0628. The van der Waals surface area contributed by atoms with Crippen LogP contribution in [0.25, 0.3) is 0 Å². The van der Waals surface area contributed by atoms with Crippen molar-refractivity contribution in [3.05, 3.63) is 53.2 Å². The fourth-order valence-electron chi connectivity index (χ4n) is 1.50. The van der Waals surface area contributed by atoms with Gasteiger partial charge in [0.05, 0.1) is 18.3 Å². The Kier molecular flexibility index (Phi) is 3.69. The number of hydrogen-bond acceptors (Lipinski definition) is 4. The molecule has 0 saturated carbocycles. The number of aromatic carboxylic acids is 1. The molecule has 0 radical (unpaired) electrons. The second-order valence-electron chi connectivity index (χ2n) is 3.69. The van der Waals surface area contributed by atoms with Crippen LogP contribution < -0.4 is 5.32 Å². The maximum absolute atomic E-state index is 13.4. The number of benzene rings is 1. The van der Waals surface area contributed by atoms with Crippen molar-refractivity contribution in [2.45, 2.75) is 13.1 Å². The SMILES string of the molecule is O=C(O)c1ccc(F)c(CNCc2ccno2)c1. The minimum Gasteiger partial charge on any atom is -0.478 e. The first-order chi connectivity index (χ1) is 8.66. The Morgan fingerprint density at radius 3 is 2.89 bits per heavy atom. The molecule has 0 aliphatic carbocycles. The first-order valence-electron chi connectivity index (χ1n) is 5.29. The molecule has 1 heterocycles. The second kappa shape index (κ2) is 5.42. The van der Waals surface area contributed by atoms with Gasteiger partial charge in [0.1, 0.15) is 11.6 Å². The third-order valence-electron chi connectivity index (χ3n) is 2.40. The summed E-state index contributed by atoms with van der Waals surface area (Å²) in [5, 5.41) is 15.3. The van der Waals surface area contributed by atoms with Gasteiger partial charge in [-0.05, 0) is 18.2 Å². The van der Waals surface area contributed by atoms with Crippen LogP contribution in [0.5, 0.6) is 0 Å². The van der Waals surface area contributed by atoms with Gasteiger partial charge in [-0.15, -0.1) is 0 Å². The average Bonchev–Trinajstić information content (AvgIpc) is 2.84. The Bertz CT molecular complexity index is 540. The number of carboxylic acids is 1. The predicted octanol–water partition coefficient (Wildman–Crippen LogP) is 1.80. The Hall–Kier alpha value is -2.21. The molecular weight excluding hydrogens is 239 g/mol. The molecule has 0 bridgehead atoms. The van der Waals surface area contributed by atoms with Gasteiger partial charge in [0.2, 0.25) is 0 Å². The highest BCUT2D eigenvalue weighted by Crippen LogP contribution is 2.11. The van der Waals surface area contributed by atoms with E-state index in [1.54, 1.807) is 6.07 Å². The molecule has 0 spiro atoms. The van der Waals surface area contributed by atoms with Gasteiger partial charge in [-0.2, -0.15) is 0 Å². The smallest absolute Gasteiger partial charge is 0.335 e. The van der Waals surface area contributed by atoms with E-state index in [0.29, 0.717) is 17.9 Å². The van der Waals surface area contributed by atoms with E-state index in [9.17, 15) is 9.18 Å². The summed E-state index contributed by atoms with van der Waals surface area (Å²) >= 11 is 0. The van der Waals surface area contributed by atoms with E-state index in [1.807, 2.05) is 0 Å². The lowest BCUT2D eigenvalue weighted by molar-refractivity contribution is 0.0696. The number of carbonyl (C=O) groups is 1. The quantitative estimate of drug-likeness (QED) is 0.846. The highest BCUT2D eigenvalue weighted by Gasteiger charge is 2.08. The van der Waals surface area contributed by atoms with E-state index in [2.05, 4.69) is 10.5 Å². The zero-order valence-electron chi connectivity index (χ0n) is 9.39. The Balaban J connectivity index is 2.00. The van der Waals surface area contributed by atoms with Crippen LogP contribution in [0.2, 0.25) is 0 Å². The molecule has 94 valence electrons. The molecule has 0 aliphatic rings. The van der Waals surface area contributed by atoms with Crippen molar-refractivity contribution in [1.29, 1.82) is 0 Å². The molecule has 0 atom stereocenters. The number of carboxylic acid groups (broad SMARTS) is 1. The molecule has 0 unspecified atom stereocenters. The van der Waals surface area contributed by atoms with Crippen molar-refractivity contribution in [3.63, 3.8) is 0 Å². The number of hydrogen-bond donors (Lipinski definition) is 2. The number of nitrogens with zero attached hydrogens (tertiary/aromatic N) is 1. The average molecular weight is 250 g/mol. The van der Waals surface area contributed by atoms with Crippen LogP contribution in [0.1, 0.15) is 21.7 Å². The first kappa shape index (κ1) is 12.3. The van der Waals surface area contributed by atoms with E-state index in [4.69, 9.17) is 9.63 Å². The van der Waals surface area contributed by atoms with Crippen LogP contribution >= 0.6 is 0 Å². The highest BCUT2D eigenvalue weighted by atomic mass is 19.1. The summed E-state index contributed by atoms with van der Waals surface area (Å²) in [7, 11) is 0. The van der Waals surface area contributed by atoms with Crippen molar-refractivity contribution in [2.75, 3.05) is 0 Å². The number of halogens is 1. The van der Waals surface area contributed by atoms with E-state index < -0.39 is 11.8 Å². The van der Waals surface area contributed by atoms with Gasteiger partial charge in [-0.1, -0.05) is 5.16 Å². The van der Waals surface area contributed by atoms with Crippen LogP contribution in [-0.4, -0.2) is 16.2 Å². The third-order valence-corrected chi connectivity index (χ3v) is 2.40. The fourth-order valence-corrected chi connectivity index (χ4v) is 1.50. The lowest BCUT2D eigenvalue weighted by Gasteiger charge is -2.05. The van der Waals surface area contributed by atoms with Gasteiger partial charge in [0.25, 0.3) is 0 Å². The van der Waals surface area contributed by atoms with Crippen LogP contribution in [-0.2, 0) is 13.1 Å². The number of rotatable bonds is 5. The molecule has 0 amide bonds. The summed E-state index contributed by atoms with van der Waals surface area (Å²) in [6.07, 6.45) is 1.52. The molecule has 2 rings (SSSR count). The van der Waals surface area contributed by atoms with Gasteiger partial charge in [0, 0.05) is 18.2 Å².